The quantitative estimate of drug-likeness (QED) is 0.476. The zero-order valence-corrected chi connectivity index (χ0v) is 4.09. The van der Waals surface area contributed by atoms with E-state index in [9.17, 15) is 0 Å². The highest BCUT2D eigenvalue weighted by Gasteiger charge is 2.23. The van der Waals surface area contributed by atoms with Crippen LogP contribution in [0.1, 0.15) is 12.8 Å². The Hall–Kier alpha value is -0.660. The Morgan fingerprint density at radius 3 is 2.43 bits per heavy atom. The maximum Gasteiger partial charge on any atom is 0.0981 e. The van der Waals surface area contributed by atoms with Crippen molar-refractivity contribution in [3.8, 4) is 0 Å². The summed E-state index contributed by atoms with van der Waals surface area (Å²) in [4.78, 5) is 0. The van der Waals surface area contributed by atoms with Crippen LogP contribution >= 0.6 is 0 Å². The standard InChI is InChI=1S/C5H9NO/c6-5(3-7)4-1-2-4/h3-4,7H,1-2,6H2/b5-3+. The Morgan fingerprint density at radius 2 is 2.29 bits per heavy atom. The van der Waals surface area contributed by atoms with Gasteiger partial charge in [-0.15, -0.1) is 0 Å². The van der Waals surface area contributed by atoms with Crippen LogP contribution in [0.25, 0.3) is 0 Å². The van der Waals surface area contributed by atoms with Crippen LogP contribution in [-0.4, -0.2) is 5.11 Å². The van der Waals surface area contributed by atoms with Crippen LogP contribution in [0, 0.1) is 5.92 Å². The van der Waals surface area contributed by atoms with E-state index >= 15 is 0 Å². The van der Waals surface area contributed by atoms with E-state index in [2.05, 4.69) is 0 Å². The zero-order valence-electron chi connectivity index (χ0n) is 4.09. The van der Waals surface area contributed by atoms with Crippen molar-refractivity contribution in [1.29, 1.82) is 0 Å². The van der Waals surface area contributed by atoms with Crippen molar-refractivity contribution in [2.24, 2.45) is 11.7 Å². The van der Waals surface area contributed by atoms with Crippen LogP contribution in [0.2, 0.25) is 0 Å². The average molecular weight is 99.1 g/mol. The summed E-state index contributed by atoms with van der Waals surface area (Å²) in [7, 11) is 0. The van der Waals surface area contributed by atoms with Gasteiger partial charge in [0.05, 0.1) is 6.26 Å². The SMILES string of the molecule is N/C(=C/O)C1CC1. The van der Waals surface area contributed by atoms with Crippen molar-refractivity contribution in [2.45, 2.75) is 12.8 Å². The number of rotatable bonds is 1. The third-order valence-electron chi connectivity index (χ3n) is 1.20. The fourth-order valence-electron chi connectivity index (χ4n) is 0.522. The first-order chi connectivity index (χ1) is 3.34. The molecule has 0 atom stereocenters. The molecule has 0 aromatic rings. The minimum atomic E-state index is 0.505. The largest absolute Gasteiger partial charge is 0.514 e. The second-order valence-electron chi connectivity index (χ2n) is 1.90. The van der Waals surface area contributed by atoms with E-state index in [0.29, 0.717) is 11.6 Å². The number of hydrogen-bond acceptors (Lipinski definition) is 2. The van der Waals surface area contributed by atoms with Crippen molar-refractivity contribution < 1.29 is 5.11 Å². The first-order valence-electron chi connectivity index (χ1n) is 2.44. The summed E-state index contributed by atoms with van der Waals surface area (Å²) in [5.41, 5.74) is 5.93. The van der Waals surface area contributed by atoms with E-state index in [0.717, 1.165) is 19.1 Å². The smallest absolute Gasteiger partial charge is 0.0981 e. The fraction of sp³-hybridized carbons (Fsp3) is 0.600. The molecule has 0 bridgehead atoms. The number of allylic oxidation sites excluding steroid dienone is 1. The first-order valence-corrected chi connectivity index (χ1v) is 2.44. The lowest BCUT2D eigenvalue weighted by atomic mass is 10.3. The Morgan fingerprint density at radius 1 is 1.71 bits per heavy atom. The van der Waals surface area contributed by atoms with E-state index in [-0.39, 0.29) is 0 Å². The monoisotopic (exact) mass is 99.1 g/mol. The lowest BCUT2D eigenvalue weighted by Gasteiger charge is -1.88. The highest BCUT2D eigenvalue weighted by Crippen LogP contribution is 2.33. The summed E-state index contributed by atoms with van der Waals surface area (Å²) < 4.78 is 0. The molecule has 1 aliphatic carbocycles. The van der Waals surface area contributed by atoms with Gasteiger partial charge < -0.3 is 10.8 Å². The van der Waals surface area contributed by atoms with Gasteiger partial charge in [0, 0.05) is 11.6 Å². The molecule has 1 rings (SSSR count). The van der Waals surface area contributed by atoms with Gasteiger partial charge in [-0.2, -0.15) is 0 Å². The predicted octanol–water partition coefficient (Wildman–Crippen LogP) is 0.755. The third kappa shape index (κ3) is 0.856. The van der Waals surface area contributed by atoms with E-state index in [1.54, 1.807) is 0 Å². The van der Waals surface area contributed by atoms with Gasteiger partial charge >= 0.3 is 0 Å². The molecule has 2 nitrogen and oxygen atoms in total. The van der Waals surface area contributed by atoms with Gasteiger partial charge in [-0.05, 0) is 12.8 Å². The maximum atomic E-state index is 8.26. The molecule has 1 fully saturated rings. The zero-order chi connectivity index (χ0) is 5.28. The number of aliphatic hydroxyl groups is 1. The van der Waals surface area contributed by atoms with Gasteiger partial charge in [-0.1, -0.05) is 0 Å². The minimum Gasteiger partial charge on any atom is -0.514 e. The normalized spacial score (nSPS) is 22.6. The Kier molecular flexibility index (Phi) is 0.929. The fourth-order valence-corrected chi connectivity index (χ4v) is 0.522. The first kappa shape index (κ1) is 4.50. The van der Waals surface area contributed by atoms with Crippen molar-refractivity contribution in [1.82, 2.24) is 0 Å². The summed E-state index contributed by atoms with van der Waals surface area (Å²) in [6.45, 7) is 0. The molecule has 0 radical (unpaired) electrons. The van der Waals surface area contributed by atoms with Crippen LogP contribution in [0.5, 0.6) is 0 Å². The van der Waals surface area contributed by atoms with E-state index < -0.39 is 0 Å². The molecule has 0 amide bonds. The molecule has 0 saturated heterocycles. The van der Waals surface area contributed by atoms with Gasteiger partial charge in [0.15, 0.2) is 0 Å². The second-order valence-corrected chi connectivity index (χ2v) is 1.90. The third-order valence-corrected chi connectivity index (χ3v) is 1.20. The summed E-state index contributed by atoms with van der Waals surface area (Å²) in [5.74, 6) is 0.505. The molecule has 0 spiro atoms. The summed E-state index contributed by atoms with van der Waals surface area (Å²) >= 11 is 0. The number of hydrogen-bond donors (Lipinski definition) is 2. The molecule has 40 valence electrons. The molecule has 3 N–H and O–H groups in total. The number of nitrogens with two attached hydrogens (primary N) is 1. The Bertz CT molecular complexity index is 94.3. The Labute approximate surface area is 42.6 Å². The van der Waals surface area contributed by atoms with Gasteiger partial charge in [-0.25, -0.2) is 0 Å². The molecule has 0 unspecified atom stereocenters. The predicted molar refractivity (Wildman–Crippen MR) is 27.6 cm³/mol. The molecule has 0 aromatic heterocycles. The highest BCUT2D eigenvalue weighted by molar-refractivity contribution is 5.04. The van der Waals surface area contributed by atoms with Crippen LogP contribution < -0.4 is 5.73 Å². The van der Waals surface area contributed by atoms with Gasteiger partial charge in [0.1, 0.15) is 0 Å². The molecule has 0 heterocycles. The maximum absolute atomic E-state index is 8.26. The summed E-state index contributed by atoms with van der Waals surface area (Å²) in [6, 6.07) is 0. The topological polar surface area (TPSA) is 46.2 Å². The second kappa shape index (κ2) is 1.45. The van der Waals surface area contributed by atoms with Gasteiger partial charge in [-0.3, -0.25) is 0 Å². The summed E-state index contributed by atoms with van der Waals surface area (Å²) in [6.07, 6.45) is 3.31. The molecule has 0 aliphatic heterocycles. The lowest BCUT2D eigenvalue weighted by molar-refractivity contribution is 0.462. The van der Waals surface area contributed by atoms with Gasteiger partial charge in [0.2, 0.25) is 0 Å². The van der Waals surface area contributed by atoms with Crippen molar-refractivity contribution in [3.63, 3.8) is 0 Å². The molecule has 2 heteroatoms. The van der Waals surface area contributed by atoms with E-state index in [1.165, 1.54) is 0 Å². The molecule has 7 heavy (non-hydrogen) atoms. The summed E-state index contributed by atoms with van der Waals surface area (Å²) in [5, 5.41) is 8.26. The Balaban J connectivity index is 2.37. The molecular weight excluding hydrogens is 90.1 g/mol. The van der Waals surface area contributed by atoms with Gasteiger partial charge in [0.25, 0.3) is 0 Å². The van der Waals surface area contributed by atoms with E-state index in [1.807, 2.05) is 0 Å². The average Bonchev–Trinajstić information content (AvgIpc) is 2.44. The van der Waals surface area contributed by atoms with Crippen LogP contribution in [0.4, 0.5) is 0 Å². The minimum absolute atomic E-state index is 0.505. The van der Waals surface area contributed by atoms with Crippen LogP contribution in [0.15, 0.2) is 12.0 Å². The highest BCUT2D eigenvalue weighted by atomic mass is 16.2. The lowest BCUT2D eigenvalue weighted by Crippen LogP contribution is -1.97. The van der Waals surface area contributed by atoms with Crippen LogP contribution in [-0.2, 0) is 0 Å². The molecule has 1 saturated carbocycles. The molecular formula is C5H9NO. The molecule has 0 aromatic carbocycles. The van der Waals surface area contributed by atoms with Crippen molar-refractivity contribution in [2.75, 3.05) is 0 Å². The molecule has 1 aliphatic rings. The van der Waals surface area contributed by atoms with E-state index in [4.69, 9.17) is 10.8 Å². The van der Waals surface area contributed by atoms with Crippen molar-refractivity contribution in [3.05, 3.63) is 12.0 Å². The number of aliphatic hydroxyl groups excluding tert-OH is 1. The van der Waals surface area contributed by atoms with Crippen LogP contribution in [0.3, 0.4) is 0 Å². The van der Waals surface area contributed by atoms with Crippen molar-refractivity contribution >= 4 is 0 Å².